The fraction of sp³-hybridized carbons (Fsp3) is 0.0833. The summed E-state index contributed by atoms with van der Waals surface area (Å²) in [5, 5.41) is 0. The number of Topliss-reactive ketones (excluding diaryl/α,β-unsaturated/α-hetero) is 1. The van der Waals surface area contributed by atoms with Crippen LogP contribution in [0.2, 0.25) is 0 Å². The SMILES string of the molecule is Nc1ncc(CC(=O)c2ccccc2)cn1. The van der Waals surface area contributed by atoms with Crippen LogP contribution >= 0.6 is 0 Å². The van der Waals surface area contributed by atoms with Crippen LogP contribution in [0.1, 0.15) is 15.9 Å². The molecule has 0 amide bonds. The van der Waals surface area contributed by atoms with E-state index in [1.807, 2.05) is 18.2 Å². The van der Waals surface area contributed by atoms with Crippen LogP contribution in [0.25, 0.3) is 0 Å². The lowest BCUT2D eigenvalue weighted by atomic mass is 10.1. The van der Waals surface area contributed by atoms with Crippen molar-refractivity contribution in [2.45, 2.75) is 6.42 Å². The van der Waals surface area contributed by atoms with E-state index in [0.717, 1.165) is 5.56 Å². The zero-order valence-electron chi connectivity index (χ0n) is 8.63. The minimum atomic E-state index is 0.0500. The largest absolute Gasteiger partial charge is 0.368 e. The van der Waals surface area contributed by atoms with Crippen molar-refractivity contribution < 1.29 is 4.79 Å². The van der Waals surface area contributed by atoms with Gasteiger partial charge in [-0.05, 0) is 5.56 Å². The Kier molecular flexibility index (Phi) is 2.91. The Morgan fingerprint density at radius 3 is 2.38 bits per heavy atom. The van der Waals surface area contributed by atoms with E-state index in [9.17, 15) is 4.79 Å². The number of nitrogens with zero attached hydrogens (tertiary/aromatic N) is 2. The predicted octanol–water partition coefficient (Wildman–Crippen LogP) is 1.48. The molecule has 0 atom stereocenters. The van der Waals surface area contributed by atoms with Crippen LogP contribution in [0.5, 0.6) is 0 Å². The van der Waals surface area contributed by atoms with Crippen molar-refractivity contribution in [3.05, 3.63) is 53.9 Å². The topological polar surface area (TPSA) is 68.9 Å². The number of nitrogen functional groups attached to an aromatic ring is 1. The third kappa shape index (κ3) is 2.42. The monoisotopic (exact) mass is 213 g/mol. The molecule has 1 aromatic heterocycles. The van der Waals surface area contributed by atoms with Crippen LogP contribution in [-0.2, 0) is 6.42 Å². The number of benzene rings is 1. The summed E-state index contributed by atoms with van der Waals surface area (Å²) in [4.78, 5) is 19.5. The molecule has 0 saturated heterocycles. The van der Waals surface area contributed by atoms with E-state index in [0.29, 0.717) is 12.0 Å². The summed E-state index contributed by atoms with van der Waals surface area (Å²) in [5.74, 6) is 0.268. The third-order valence-electron chi connectivity index (χ3n) is 2.19. The van der Waals surface area contributed by atoms with Gasteiger partial charge >= 0.3 is 0 Å². The van der Waals surface area contributed by atoms with Gasteiger partial charge in [0.15, 0.2) is 5.78 Å². The molecule has 0 unspecified atom stereocenters. The number of hydrogen-bond acceptors (Lipinski definition) is 4. The molecule has 2 rings (SSSR count). The van der Waals surface area contributed by atoms with Crippen LogP contribution < -0.4 is 5.73 Å². The van der Waals surface area contributed by atoms with Crippen LogP contribution in [-0.4, -0.2) is 15.8 Å². The number of ketones is 1. The Morgan fingerprint density at radius 1 is 1.12 bits per heavy atom. The summed E-state index contributed by atoms with van der Waals surface area (Å²) in [6.45, 7) is 0. The second-order valence-corrected chi connectivity index (χ2v) is 3.42. The summed E-state index contributed by atoms with van der Waals surface area (Å²) in [6.07, 6.45) is 3.44. The van der Waals surface area contributed by atoms with Crippen LogP contribution in [0.15, 0.2) is 42.7 Å². The first-order chi connectivity index (χ1) is 7.75. The fourth-order valence-electron chi connectivity index (χ4n) is 1.37. The summed E-state index contributed by atoms with van der Waals surface area (Å²) in [5.41, 5.74) is 6.82. The molecule has 0 aliphatic carbocycles. The van der Waals surface area contributed by atoms with Gasteiger partial charge in [-0.25, -0.2) is 9.97 Å². The fourth-order valence-corrected chi connectivity index (χ4v) is 1.37. The first-order valence-corrected chi connectivity index (χ1v) is 4.90. The maximum atomic E-state index is 11.8. The van der Waals surface area contributed by atoms with Gasteiger partial charge in [0.2, 0.25) is 5.95 Å². The van der Waals surface area contributed by atoms with E-state index < -0.39 is 0 Å². The number of carbonyl (C=O) groups is 1. The maximum Gasteiger partial charge on any atom is 0.219 e. The molecule has 0 radical (unpaired) electrons. The van der Waals surface area contributed by atoms with Crippen molar-refractivity contribution in [2.75, 3.05) is 5.73 Å². The highest BCUT2D eigenvalue weighted by Crippen LogP contribution is 2.06. The summed E-state index contributed by atoms with van der Waals surface area (Å²) in [6, 6.07) is 9.14. The second-order valence-electron chi connectivity index (χ2n) is 3.42. The molecule has 16 heavy (non-hydrogen) atoms. The lowest BCUT2D eigenvalue weighted by molar-refractivity contribution is 0.0993. The number of aromatic nitrogens is 2. The standard InChI is InChI=1S/C12H11N3O/c13-12-14-7-9(8-15-12)6-11(16)10-4-2-1-3-5-10/h1-5,7-8H,6H2,(H2,13,14,15). The van der Waals surface area contributed by atoms with Gasteiger partial charge in [0.1, 0.15) is 0 Å². The Balaban J connectivity index is 2.11. The Labute approximate surface area is 93.2 Å². The summed E-state index contributed by atoms with van der Waals surface area (Å²) >= 11 is 0. The molecule has 0 saturated carbocycles. The van der Waals surface area contributed by atoms with Gasteiger partial charge < -0.3 is 5.73 Å². The zero-order valence-corrected chi connectivity index (χ0v) is 8.63. The van der Waals surface area contributed by atoms with Gasteiger partial charge in [-0.3, -0.25) is 4.79 Å². The van der Waals surface area contributed by atoms with Gasteiger partial charge in [0.05, 0.1) is 0 Å². The van der Waals surface area contributed by atoms with E-state index in [-0.39, 0.29) is 11.7 Å². The molecular formula is C12H11N3O. The van der Waals surface area contributed by atoms with Crippen LogP contribution in [0, 0.1) is 0 Å². The van der Waals surface area contributed by atoms with E-state index in [4.69, 9.17) is 5.73 Å². The van der Waals surface area contributed by atoms with Gasteiger partial charge in [0.25, 0.3) is 0 Å². The predicted molar refractivity (Wildman–Crippen MR) is 60.9 cm³/mol. The van der Waals surface area contributed by atoms with E-state index in [1.54, 1.807) is 24.5 Å². The Hall–Kier alpha value is -2.23. The lowest BCUT2D eigenvalue weighted by Gasteiger charge is -2.00. The highest BCUT2D eigenvalue weighted by Gasteiger charge is 2.06. The molecule has 0 aliphatic rings. The number of rotatable bonds is 3. The highest BCUT2D eigenvalue weighted by atomic mass is 16.1. The lowest BCUT2D eigenvalue weighted by Crippen LogP contribution is -2.05. The molecule has 4 nitrogen and oxygen atoms in total. The molecule has 0 spiro atoms. The summed E-state index contributed by atoms with van der Waals surface area (Å²) in [7, 11) is 0. The van der Waals surface area contributed by atoms with Crippen molar-refractivity contribution in [3.8, 4) is 0 Å². The molecule has 1 aromatic carbocycles. The van der Waals surface area contributed by atoms with Crippen molar-refractivity contribution >= 4 is 11.7 Å². The molecule has 2 N–H and O–H groups in total. The highest BCUT2D eigenvalue weighted by molar-refractivity contribution is 5.97. The third-order valence-corrected chi connectivity index (χ3v) is 2.19. The maximum absolute atomic E-state index is 11.8. The number of anilines is 1. The molecular weight excluding hydrogens is 202 g/mol. The van der Waals surface area contributed by atoms with Gasteiger partial charge in [0, 0.05) is 24.4 Å². The number of carbonyl (C=O) groups excluding carboxylic acids is 1. The van der Waals surface area contributed by atoms with E-state index in [1.165, 1.54) is 0 Å². The average molecular weight is 213 g/mol. The quantitative estimate of drug-likeness (QED) is 0.784. The molecule has 4 heteroatoms. The first-order valence-electron chi connectivity index (χ1n) is 4.90. The number of nitrogens with two attached hydrogens (primary N) is 1. The van der Waals surface area contributed by atoms with Crippen molar-refractivity contribution in [1.29, 1.82) is 0 Å². The Morgan fingerprint density at radius 2 is 1.75 bits per heavy atom. The van der Waals surface area contributed by atoms with Crippen LogP contribution in [0.4, 0.5) is 5.95 Å². The first kappa shape index (κ1) is 10.3. The minimum Gasteiger partial charge on any atom is -0.368 e. The van der Waals surface area contributed by atoms with Crippen molar-refractivity contribution in [1.82, 2.24) is 9.97 Å². The normalized spacial score (nSPS) is 10.0. The van der Waals surface area contributed by atoms with E-state index >= 15 is 0 Å². The van der Waals surface area contributed by atoms with Gasteiger partial charge in [-0.2, -0.15) is 0 Å². The summed E-state index contributed by atoms with van der Waals surface area (Å²) < 4.78 is 0. The number of hydrogen-bond donors (Lipinski definition) is 1. The zero-order chi connectivity index (χ0) is 11.4. The van der Waals surface area contributed by atoms with Gasteiger partial charge in [-0.15, -0.1) is 0 Å². The van der Waals surface area contributed by atoms with E-state index in [2.05, 4.69) is 9.97 Å². The van der Waals surface area contributed by atoms with Crippen LogP contribution in [0.3, 0.4) is 0 Å². The second kappa shape index (κ2) is 4.53. The van der Waals surface area contributed by atoms with Crippen molar-refractivity contribution in [2.24, 2.45) is 0 Å². The Bertz CT molecular complexity index is 479. The minimum absolute atomic E-state index is 0.0500. The molecule has 2 aromatic rings. The van der Waals surface area contributed by atoms with Gasteiger partial charge in [-0.1, -0.05) is 30.3 Å². The molecule has 0 bridgehead atoms. The smallest absolute Gasteiger partial charge is 0.219 e. The molecule has 80 valence electrons. The molecule has 1 heterocycles. The molecule has 0 aliphatic heterocycles. The molecule has 0 fully saturated rings. The average Bonchev–Trinajstić information content (AvgIpc) is 2.33. The van der Waals surface area contributed by atoms with Crippen molar-refractivity contribution in [3.63, 3.8) is 0 Å².